The summed E-state index contributed by atoms with van der Waals surface area (Å²) in [5.41, 5.74) is 0.579. The van der Waals surface area contributed by atoms with E-state index in [-0.39, 0.29) is 69.5 Å². The van der Waals surface area contributed by atoms with Crippen molar-refractivity contribution in [1.29, 1.82) is 0 Å². The van der Waals surface area contributed by atoms with E-state index in [1.165, 1.54) is 0 Å². The first-order chi connectivity index (χ1) is 23.6. The lowest BCUT2D eigenvalue weighted by atomic mass is 9.78. The van der Waals surface area contributed by atoms with Crippen molar-refractivity contribution in [2.24, 2.45) is 0 Å². The molecule has 3 rings (SSSR count). The summed E-state index contributed by atoms with van der Waals surface area (Å²) in [6, 6.07) is 0. The first-order valence-corrected chi connectivity index (χ1v) is 20.1. The molecule has 3 fully saturated rings. The van der Waals surface area contributed by atoms with Crippen LogP contribution in [0, 0.1) is 0 Å². The number of carbonyl (C=O) groups excluding carboxylic acids is 3. The zero-order chi connectivity index (χ0) is 39.9. The van der Waals surface area contributed by atoms with Gasteiger partial charge in [0.15, 0.2) is 0 Å². The van der Waals surface area contributed by atoms with E-state index >= 15 is 0 Å². The number of piperidine rings is 3. The molecule has 0 unspecified atom stereocenters. The molecule has 302 valence electrons. The van der Waals surface area contributed by atoms with E-state index in [1.807, 2.05) is 0 Å². The highest BCUT2D eigenvalue weighted by Crippen LogP contribution is 2.39. The fourth-order valence-corrected chi connectivity index (χ4v) is 9.03. The first kappa shape index (κ1) is 46.2. The molecule has 0 radical (unpaired) electrons. The quantitative estimate of drug-likeness (QED) is 0.0862. The Morgan fingerprint density at radius 2 is 0.827 bits per heavy atom. The summed E-state index contributed by atoms with van der Waals surface area (Å²) >= 11 is 0. The lowest BCUT2D eigenvalue weighted by Crippen LogP contribution is -2.60. The zero-order valence-electron chi connectivity index (χ0n) is 36.2. The van der Waals surface area contributed by atoms with Gasteiger partial charge in [0.1, 0.15) is 18.3 Å². The molecular weight excluding hydrogens is 654 g/mol. The third-order valence-corrected chi connectivity index (χ3v) is 11.9. The first-order valence-electron chi connectivity index (χ1n) is 20.1. The number of ether oxygens (including phenoxy) is 3. The van der Waals surface area contributed by atoms with Crippen LogP contribution in [-0.4, -0.2) is 93.3 Å². The number of carbonyl (C=O) groups is 3. The maximum atomic E-state index is 12.4. The van der Waals surface area contributed by atoms with Crippen LogP contribution in [0.1, 0.15) is 180 Å². The second-order valence-electron chi connectivity index (χ2n) is 20.1. The SMILES string of the molecule is C=C(C)C(=O)OC1CC(C)(C)NC(C)(C)C1.CN1C(C)(C)CC(OC(=O)CCCCCCCCC(=O)OC2CC(C)(C)N(C)C(C)(C)C2)CC1(C)C. The summed E-state index contributed by atoms with van der Waals surface area (Å²) in [4.78, 5) is 41.1. The van der Waals surface area contributed by atoms with Crippen molar-refractivity contribution in [2.75, 3.05) is 14.1 Å². The van der Waals surface area contributed by atoms with Crippen LogP contribution in [0.25, 0.3) is 0 Å². The Kier molecular flexibility index (Phi) is 16.1. The maximum absolute atomic E-state index is 12.4. The Labute approximate surface area is 318 Å². The molecule has 0 aliphatic carbocycles. The number of likely N-dealkylation sites (tertiary alicyclic amines) is 2. The molecule has 3 saturated heterocycles. The van der Waals surface area contributed by atoms with Crippen LogP contribution in [0.2, 0.25) is 0 Å². The summed E-state index contributed by atoms with van der Waals surface area (Å²) in [5, 5.41) is 3.55. The molecule has 0 aromatic carbocycles. The smallest absolute Gasteiger partial charge is 0.333 e. The average Bonchev–Trinajstić information content (AvgIpc) is 2.94. The second-order valence-corrected chi connectivity index (χ2v) is 20.1. The van der Waals surface area contributed by atoms with Crippen LogP contribution in [0.4, 0.5) is 0 Å². The van der Waals surface area contributed by atoms with Crippen LogP contribution in [-0.2, 0) is 28.6 Å². The average molecular weight is 734 g/mol. The molecule has 3 aliphatic heterocycles. The molecule has 0 atom stereocenters. The molecule has 0 aromatic rings. The minimum Gasteiger partial charge on any atom is -0.462 e. The van der Waals surface area contributed by atoms with Crippen LogP contribution in [0.5, 0.6) is 0 Å². The zero-order valence-corrected chi connectivity index (χ0v) is 36.2. The molecule has 9 nitrogen and oxygen atoms in total. The van der Waals surface area contributed by atoms with Gasteiger partial charge < -0.3 is 19.5 Å². The fourth-order valence-electron chi connectivity index (χ4n) is 9.03. The van der Waals surface area contributed by atoms with Gasteiger partial charge in [-0.05, 0) is 117 Å². The molecule has 0 aromatic heterocycles. The topological polar surface area (TPSA) is 97.4 Å². The molecule has 0 saturated carbocycles. The number of esters is 3. The summed E-state index contributed by atoms with van der Waals surface area (Å²) in [6.07, 6.45) is 12.2. The number of rotatable bonds is 13. The van der Waals surface area contributed by atoms with E-state index in [9.17, 15) is 14.4 Å². The molecule has 3 heterocycles. The second kappa shape index (κ2) is 18.1. The molecule has 52 heavy (non-hydrogen) atoms. The fraction of sp³-hybridized carbons (Fsp3) is 0.884. The van der Waals surface area contributed by atoms with E-state index in [0.29, 0.717) is 18.4 Å². The van der Waals surface area contributed by atoms with Gasteiger partial charge in [-0.25, -0.2) is 4.79 Å². The highest BCUT2D eigenvalue weighted by Gasteiger charge is 2.45. The number of nitrogens with one attached hydrogen (secondary N) is 1. The lowest BCUT2D eigenvalue weighted by Gasteiger charge is -2.53. The normalized spacial score (nSPS) is 24.2. The minimum atomic E-state index is -0.279. The predicted octanol–water partition coefficient (Wildman–Crippen LogP) is 8.91. The lowest BCUT2D eigenvalue weighted by molar-refractivity contribution is -0.160. The third kappa shape index (κ3) is 14.7. The summed E-state index contributed by atoms with van der Waals surface area (Å²) < 4.78 is 17.2. The largest absolute Gasteiger partial charge is 0.462 e. The highest BCUT2D eigenvalue weighted by molar-refractivity contribution is 5.87. The molecule has 0 spiro atoms. The van der Waals surface area contributed by atoms with E-state index in [4.69, 9.17) is 14.2 Å². The Balaban J connectivity index is 0.000000487. The van der Waals surface area contributed by atoms with Crippen molar-refractivity contribution in [2.45, 2.75) is 231 Å². The Bertz CT molecular complexity index is 1110. The van der Waals surface area contributed by atoms with Gasteiger partial charge in [-0.2, -0.15) is 0 Å². The van der Waals surface area contributed by atoms with E-state index in [2.05, 4.69) is 119 Å². The van der Waals surface area contributed by atoms with Crippen molar-refractivity contribution in [3.8, 4) is 0 Å². The van der Waals surface area contributed by atoms with Gasteiger partial charge in [-0.3, -0.25) is 19.4 Å². The van der Waals surface area contributed by atoms with Gasteiger partial charge in [0.2, 0.25) is 0 Å². The highest BCUT2D eigenvalue weighted by atomic mass is 16.6. The molecule has 0 amide bonds. The van der Waals surface area contributed by atoms with Gasteiger partial charge in [-0.1, -0.05) is 32.3 Å². The van der Waals surface area contributed by atoms with Gasteiger partial charge >= 0.3 is 17.9 Å². The molecule has 9 heteroatoms. The van der Waals surface area contributed by atoms with Crippen molar-refractivity contribution < 1.29 is 28.6 Å². The van der Waals surface area contributed by atoms with Crippen LogP contribution in [0.15, 0.2) is 12.2 Å². The number of unbranched alkanes of at least 4 members (excludes halogenated alkanes) is 5. The molecular formula is C43H79N3O6. The Morgan fingerprint density at radius 3 is 1.13 bits per heavy atom. The molecule has 0 bridgehead atoms. The van der Waals surface area contributed by atoms with E-state index in [1.54, 1.807) is 6.92 Å². The van der Waals surface area contributed by atoms with Crippen molar-refractivity contribution in [3.05, 3.63) is 12.2 Å². The minimum absolute atomic E-state index is 0.00176. The van der Waals surface area contributed by atoms with Gasteiger partial charge in [0, 0.05) is 90.2 Å². The predicted molar refractivity (Wildman–Crippen MR) is 212 cm³/mol. The summed E-state index contributed by atoms with van der Waals surface area (Å²) in [6.45, 7) is 31.6. The van der Waals surface area contributed by atoms with Gasteiger partial charge in [0.25, 0.3) is 0 Å². The monoisotopic (exact) mass is 734 g/mol. The Morgan fingerprint density at radius 1 is 0.538 bits per heavy atom. The maximum Gasteiger partial charge on any atom is 0.333 e. The number of nitrogens with zero attached hydrogens (tertiary/aromatic N) is 2. The van der Waals surface area contributed by atoms with Crippen molar-refractivity contribution >= 4 is 17.9 Å². The van der Waals surface area contributed by atoms with Crippen molar-refractivity contribution in [3.63, 3.8) is 0 Å². The standard InChI is InChI=1S/C30H56N2O4.C13H23NO2/c1-27(2)19-23(20-28(3,4)31(27)9)35-25(33)17-15-13-11-12-14-16-18-26(34)36-24-21-29(5,6)32(10)30(7,8)22-24;1-9(2)11(15)16-10-7-12(3,4)14-13(5,6)8-10/h23-24H,11-22H2,1-10H3;10,14H,1,7-8H2,2-6H3. The van der Waals surface area contributed by atoms with Crippen LogP contribution in [0.3, 0.4) is 0 Å². The van der Waals surface area contributed by atoms with Crippen LogP contribution >= 0.6 is 0 Å². The van der Waals surface area contributed by atoms with Crippen LogP contribution < -0.4 is 5.32 Å². The summed E-state index contributed by atoms with van der Waals surface area (Å²) in [7, 11) is 4.33. The summed E-state index contributed by atoms with van der Waals surface area (Å²) in [5.74, 6) is -0.392. The number of hydrogen-bond donors (Lipinski definition) is 1. The molecule has 1 N–H and O–H groups in total. The van der Waals surface area contributed by atoms with Gasteiger partial charge in [0.05, 0.1) is 0 Å². The molecule has 3 aliphatic rings. The van der Waals surface area contributed by atoms with E-state index in [0.717, 1.165) is 77.0 Å². The number of hydrogen-bond acceptors (Lipinski definition) is 9. The van der Waals surface area contributed by atoms with Gasteiger partial charge in [-0.15, -0.1) is 0 Å². The Hall–Kier alpha value is -1.97. The van der Waals surface area contributed by atoms with E-state index < -0.39 is 0 Å². The van der Waals surface area contributed by atoms with Crippen molar-refractivity contribution in [1.82, 2.24) is 15.1 Å². The third-order valence-electron chi connectivity index (χ3n) is 11.9.